The molecule has 166 valence electrons. The highest BCUT2D eigenvalue weighted by atomic mass is 16.2. The molecule has 0 saturated heterocycles. The molecule has 13 nitrogen and oxygen atoms in total. The highest BCUT2D eigenvalue weighted by molar-refractivity contribution is 6.06. The van der Waals surface area contributed by atoms with Crippen LogP contribution in [0.5, 0.6) is 0 Å². The number of nitrogens with one attached hydrogen (secondary N) is 4. The summed E-state index contributed by atoms with van der Waals surface area (Å²) in [7, 11) is 3.35. The fourth-order valence-electron chi connectivity index (χ4n) is 2.57. The highest BCUT2D eigenvalue weighted by Crippen LogP contribution is 2.17. The first-order valence-corrected chi connectivity index (χ1v) is 9.17. The highest BCUT2D eigenvalue weighted by Gasteiger charge is 2.16. The largest absolute Gasteiger partial charge is 0.388 e. The minimum Gasteiger partial charge on any atom is -0.388 e. The summed E-state index contributed by atoms with van der Waals surface area (Å²) in [4.78, 5) is 40.3. The molecule has 31 heavy (non-hydrogen) atoms. The van der Waals surface area contributed by atoms with Crippen molar-refractivity contribution in [2.75, 3.05) is 23.7 Å². The van der Waals surface area contributed by atoms with Gasteiger partial charge in [-0.15, -0.1) is 0 Å². The number of aromatic nitrogens is 2. The standard InChI is InChI=1S/C18H26N10O3/c1-27-9-11(6-13(27)25-15(29)7-24-18(21)22)17(31)26-14-5-10(8-28(14)2)16(30)23-4-3-12(19)20/h5-6,8-9H,3-4,7H2,1-2H3,(H3,19,20)(H,23,30)(H,25,29)(H,26,31)(H4,21,22,24). The Balaban J connectivity index is 2.03. The van der Waals surface area contributed by atoms with Crippen LogP contribution in [0, 0.1) is 5.41 Å². The summed E-state index contributed by atoms with van der Waals surface area (Å²) in [5, 5.41) is 15.1. The van der Waals surface area contributed by atoms with Gasteiger partial charge in [-0.1, -0.05) is 0 Å². The molecule has 2 heterocycles. The van der Waals surface area contributed by atoms with Crippen LogP contribution in [0.3, 0.4) is 0 Å². The minimum atomic E-state index is -0.440. The molecule has 0 aliphatic carbocycles. The van der Waals surface area contributed by atoms with Gasteiger partial charge in [0.1, 0.15) is 18.2 Å². The van der Waals surface area contributed by atoms with Gasteiger partial charge in [0, 0.05) is 39.5 Å². The zero-order valence-electron chi connectivity index (χ0n) is 17.2. The third-order valence-corrected chi connectivity index (χ3v) is 4.13. The van der Waals surface area contributed by atoms with Crippen LogP contribution in [-0.4, -0.2) is 51.7 Å². The smallest absolute Gasteiger partial charge is 0.258 e. The second-order valence-corrected chi connectivity index (χ2v) is 6.72. The van der Waals surface area contributed by atoms with Gasteiger partial charge in [-0.2, -0.15) is 0 Å². The van der Waals surface area contributed by atoms with E-state index in [1.165, 1.54) is 12.1 Å². The second-order valence-electron chi connectivity index (χ2n) is 6.72. The van der Waals surface area contributed by atoms with Crippen LogP contribution in [-0.2, 0) is 18.9 Å². The lowest BCUT2D eigenvalue weighted by Crippen LogP contribution is -2.27. The van der Waals surface area contributed by atoms with Crippen molar-refractivity contribution in [3.05, 3.63) is 35.7 Å². The van der Waals surface area contributed by atoms with E-state index in [0.717, 1.165) is 0 Å². The summed E-state index contributed by atoms with van der Waals surface area (Å²) in [5.41, 5.74) is 16.3. The van der Waals surface area contributed by atoms with Crippen molar-refractivity contribution >= 4 is 41.2 Å². The van der Waals surface area contributed by atoms with Crippen LogP contribution in [0.25, 0.3) is 0 Å². The predicted octanol–water partition coefficient (Wildman–Crippen LogP) is -1.12. The Morgan fingerprint density at radius 1 is 0.968 bits per heavy atom. The van der Waals surface area contributed by atoms with Crippen LogP contribution in [0.4, 0.5) is 11.6 Å². The molecule has 0 radical (unpaired) electrons. The molecule has 13 heteroatoms. The Kier molecular flexibility index (Phi) is 7.38. The lowest BCUT2D eigenvalue weighted by atomic mass is 10.3. The lowest BCUT2D eigenvalue weighted by Gasteiger charge is -2.04. The number of anilines is 2. The van der Waals surface area contributed by atoms with E-state index in [4.69, 9.17) is 22.6 Å². The average molecular weight is 430 g/mol. The van der Waals surface area contributed by atoms with Crippen molar-refractivity contribution < 1.29 is 14.4 Å². The molecule has 0 saturated carbocycles. The zero-order chi connectivity index (χ0) is 23.1. The Labute approximate surface area is 178 Å². The number of nitrogens with two attached hydrogens (primary N) is 3. The van der Waals surface area contributed by atoms with Crippen LogP contribution >= 0.6 is 0 Å². The monoisotopic (exact) mass is 430 g/mol. The van der Waals surface area contributed by atoms with Gasteiger partial charge in [-0.3, -0.25) is 19.8 Å². The Bertz CT molecular complexity index is 1030. The molecule has 0 atom stereocenters. The maximum atomic E-state index is 12.6. The second kappa shape index (κ2) is 9.96. The first-order chi connectivity index (χ1) is 14.6. The van der Waals surface area contributed by atoms with Crippen LogP contribution in [0.1, 0.15) is 27.1 Å². The van der Waals surface area contributed by atoms with Gasteiger partial charge in [-0.05, 0) is 12.1 Å². The van der Waals surface area contributed by atoms with Crippen molar-refractivity contribution in [3.8, 4) is 0 Å². The first kappa shape index (κ1) is 23.0. The van der Waals surface area contributed by atoms with Gasteiger partial charge in [0.2, 0.25) is 5.91 Å². The first-order valence-electron chi connectivity index (χ1n) is 9.17. The van der Waals surface area contributed by atoms with Crippen LogP contribution < -0.4 is 33.2 Å². The molecule has 0 aromatic carbocycles. The zero-order valence-corrected chi connectivity index (χ0v) is 17.2. The molecule has 2 aromatic rings. The van der Waals surface area contributed by atoms with Crippen molar-refractivity contribution in [2.45, 2.75) is 6.42 Å². The van der Waals surface area contributed by atoms with Crippen molar-refractivity contribution in [1.82, 2.24) is 14.5 Å². The Morgan fingerprint density at radius 2 is 1.52 bits per heavy atom. The number of guanidine groups is 1. The van der Waals surface area contributed by atoms with Crippen molar-refractivity contribution in [3.63, 3.8) is 0 Å². The van der Waals surface area contributed by atoms with E-state index >= 15 is 0 Å². The van der Waals surface area contributed by atoms with E-state index in [0.29, 0.717) is 22.8 Å². The lowest BCUT2D eigenvalue weighted by molar-refractivity contribution is -0.114. The summed E-state index contributed by atoms with van der Waals surface area (Å²) in [6.07, 6.45) is 3.36. The molecule has 2 rings (SSSR count). The van der Waals surface area contributed by atoms with Crippen molar-refractivity contribution in [1.29, 1.82) is 5.41 Å². The van der Waals surface area contributed by atoms with Crippen molar-refractivity contribution in [2.24, 2.45) is 36.3 Å². The van der Waals surface area contributed by atoms with Gasteiger partial charge >= 0.3 is 0 Å². The third kappa shape index (κ3) is 6.62. The van der Waals surface area contributed by atoms with Gasteiger partial charge in [0.25, 0.3) is 11.8 Å². The number of amidine groups is 1. The number of nitrogens with zero attached hydrogens (tertiary/aromatic N) is 3. The normalized spacial score (nSPS) is 10.3. The van der Waals surface area contributed by atoms with E-state index in [1.807, 2.05) is 0 Å². The topological polar surface area (TPSA) is 211 Å². The van der Waals surface area contributed by atoms with E-state index in [2.05, 4.69) is 20.9 Å². The maximum Gasteiger partial charge on any atom is 0.258 e. The molecule has 0 fully saturated rings. The summed E-state index contributed by atoms with van der Waals surface area (Å²) in [5.74, 6) is -0.632. The summed E-state index contributed by atoms with van der Waals surface area (Å²) in [6, 6.07) is 3.03. The number of carbonyl (C=O) groups excluding carboxylic acids is 3. The summed E-state index contributed by atoms with van der Waals surface area (Å²) >= 11 is 0. The number of rotatable bonds is 9. The van der Waals surface area contributed by atoms with E-state index < -0.39 is 11.8 Å². The third-order valence-electron chi connectivity index (χ3n) is 4.13. The molecule has 0 bridgehead atoms. The summed E-state index contributed by atoms with van der Waals surface area (Å²) < 4.78 is 3.17. The molecule has 10 N–H and O–H groups in total. The number of hydrogen-bond donors (Lipinski definition) is 7. The number of carbonyl (C=O) groups is 3. The molecule has 0 aliphatic rings. The maximum absolute atomic E-state index is 12.6. The Morgan fingerprint density at radius 3 is 2.06 bits per heavy atom. The average Bonchev–Trinajstić information content (AvgIpc) is 3.22. The summed E-state index contributed by atoms with van der Waals surface area (Å²) in [6.45, 7) is 0.00208. The van der Waals surface area contributed by atoms with E-state index in [9.17, 15) is 14.4 Å². The van der Waals surface area contributed by atoms with Crippen LogP contribution in [0.15, 0.2) is 29.5 Å². The molecular formula is C18H26N10O3. The number of amides is 3. The minimum absolute atomic E-state index is 0.0176. The molecule has 2 aromatic heterocycles. The van der Waals surface area contributed by atoms with Gasteiger partial charge in [-0.25, -0.2) is 4.99 Å². The van der Waals surface area contributed by atoms with Crippen LogP contribution in [0.2, 0.25) is 0 Å². The molecule has 0 aliphatic heterocycles. The van der Waals surface area contributed by atoms with E-state index in [1.54, 1.807) is 35.6 Å². The van der Waals surface area contributed by atoms with Gasteiger partial charge in [0.05, 0.1) is 17.0 Å². The predicted molar refractivity (Wildman–Crippen MR) is 117 cm³/mol. The number of hydrogen-bond acceptors (Lipinski definition) is 5. The number of aliphatic imine (C=N–C) groups is 1. The quantitative estimate of drug-likeness (QED) is 0.193. The van der Waals surface area contributed by atoms with Gasteiger partial charge in [0.15, 0.2) is 5.96 Å². The fraction of sp³-hybridized carbons (Fsp3) is 0.278. The number of aryl methyl sites for hydroxylation is 2. The molecule has 3 amide bonds. The molecular weight excluding hydrogens is 404 g/mol. The van der Waals surface area contributed by atoms with Gasteiger partial charge < -0.3 is 42.3 Å². The fourth-order valence-corrected chi connectivity index (χ4v) is 2.57. The SMILES string of the molecule is Cn1cc(C(=O)Nc2cc(C(=O)NCCC(=N)N)cn2C)cc1NC(=O)CN=C(N)N. The molecule has 0 unspecified atom stereocenters. The Hall–Kier alpha value is -4.29. The molecule has 0 spiro atoms. The van der Waals surface area contributed by atoms with E-state index in [-0.39, 0.29) is 37.2 Å².